The van der Waals surface area contributed by atoms with E-state index in [1.165, 1.54) is 0 Å². The largest absolute Gasteiger partial charge is 0.484 e. The third kappa shape index (κ3) is 5.47. The molecule has 0 heterocycles. The van der Waals surface area contributed by atoms with E-state index in [-0.39, 0.29) is 12.5 Å². The summed E-state index contributed by atoms with van der Waals surface area (Å²) in [5.74, 6) is 2.98. The van der Waals surface area contributed by atoms with E-state index in [4.69, 9.17) is 16.9 Å². The molecule has 3 N–H and O–H groups in total. The minimum atomic E-state index is -0.154. The molecule has 0 radical (unpaired) electrons. The van der Waals surface area contributed by atoms with Gasteiger partial charge in [0.05, 0.1) is 0 Å². The Morgan fingerprint density at radius 2 is 2.12 bits per heavy atom. The van der Waals surface area contributed by atoms with Gasteiger partial charge in [0.2, 0.25) is 0 Å². The van der Waals surface area contributed by atoms with Crippen molar-refractivity contribution in [1.29, 1.82) is 0 Å². The van der Waals surface area contributed by atoms with Crippen LogP contribution in [0.4, 0.5) is 5.69 Å². The van der Waals surface area contributed by atoms with Crippen LogP contribution in [0, 0.1) is 12.3 Å². The van der Waals surface area contributed by atoms with Gasteiger partial charge in [-0.25, -0.2) is 0 Å². The molecule has 4 nitrogen and oxygen atoms in total. The van der Waals surface area contributed by atoms with Gasteiger partial charge in [0.25, 0.3) is 5.91 Å². The van der Waals surface area contributed by atoms with Crippen molar-refractivity contribution >= 4 is 11.6 Å². The topological polar surface area (TPSA) is 64.3 Å². The van der Waals surface area contributed by atoms with Crippen LogP contribution in [0.3, 0.4) is 0 Å². The van der Waals surface area contributed by atoms with Crippen LogP contribution in [0.5, 0.6) is 5.75 Å². The number of anilines is 1. The number of unbranched alkanes of at least 4 members (excludes halogenated alkanes) is 1. The van der Waals surface area contributed by atoms with E-state index in [0.717, 1.165) is 6.42 Å². The van der Waals surface area contributed by atoms with Crippen molar-refractivity contribution in [3.8, 4) is 18.1 Å². The van der Waals surface area contributed by atoms with Crippen molar-refractivity contribution in [3.05, 3.63) is 24.3 Å². The van der Waals surface area contributed by atoms with E-state index in [9.17, 15) is 4.79 Å². The molecule has 1 aromatic carbocycles. The molecular formula is C13H16N2O2. The van der Waals surface area contributed by atoms with Crippen molar-refractivity contribution in [2.24, 2.45) is 0 Å². The monoisotopic (exact) mass is 232 g/mol. The molecule has 1 aromatic rings. The van der Waals surface area contributed by atoms with E-state index < -0.39 is 0 Å². The number of amides is 1. The second kappa shape index (κ2) is 7.18. The Hall–Kier alpha value is -2.15. The van der Waals surface area contributed by atoms with E-state index in [1.54, 1.807) is 24.3 Å². The van der Waals surface area contributed by atoms with Crippen LogP contribution in [0.15, 0.2) is 24.3 Å². The number of rotatable bonds is 6. The standard InChI is InChI=1S/C13H16N2O2/c1-2-3-4-9-15-13(16)10-17-12-7-5-11(14)6-8-12/h1,5-8H,3-4,9-10,14H2,(H,15,16). The van der Waals surface area contributed by atoms with Gasteiger partial charge in [0, 0.05) is 18.7 Å². The molecule has 0 fully saturated rings. The van der Waals surface area contributed by atoms with Crippen molar-refractivity contribution in [1.82, 2.24) is 5.32 Å². The summed E-state index contributed by atoms with van der Waals surface area (Å²) in [6.07, 6.45) is 6.54. The van der Waals surface area contributed by atoms with Gasteiger partial charge in [-0.15, -0.1) is 12.3 Å². The Bertz CT molecular complexity index is 393. The van der Waals surface area contributed by atoms with Gasteiger partial charge >= 0.3 is 0 Å². The van der Waals surface area contributed by atoms with Gasteiger partial charge in [0.1, 0.15) is 5.75 Å². The number of hydrogen-bond acceptors (Lipinski definition) is 3. The molecule has 0 bridgehead atoms. The number of terminal acetylenes is 1. The summed E-state index contributed by atoms with van der Waals surface area (Å²) in [4.78, 5) is 11.3. The number of carbonyl (C=O) groups is 1. The zero-order valence-electron chi connectivity index (χ0n) is 9.61. The first-order chi connectivity index (χ1) is 8.22. The minimum absolute atomic E-state index is 0.0000281. The molecule has 0 saturated heterocycles. The van der Waals surface area contributed by atoms with Crippen LogP contribution >= 0.6 is 0 Å². The molecule has 17 heavy (non-hydrogen) atoms. The average Bonchev–Trinajstić information content (AvgIpc) is 2.34. The zero-order chi connectivity index (χ0) is 12.5. The van der Waals surface area contributed by atoms with Crippen LogP contribution < -0.4 is 15.8 Å². The molecule has 0 spiro atoms. The highest BCUT2D eigenvalue weighted by molar-refractivity contribution is 5.77. The fourth-order valence-electron chi connectivity index (χ4n) is 1.18. The lowest BCUT2D eigenvalue weighted by Crippen LogP contribution is -2.29. The second-order valence-corrected chi connectivity index (χ2v) is 3.52. The summed E-state index contributed by atoms with van der Waals surface area (Å²) in [7, 11) is 0. The minimum Gasteiger partial charge on any atom is -0.484 e. The van der Waals surface area contributed by atoms with E-state index in [0.29, 0.717) is 24.4 Å². The first kappa shape index (κ1) is 12.9. The first-order valence-electron chi connectivity index (χ1n) is 5.41. The highest BCUT2D eigenvalue weighted by atomic mass is 16.5. The van der Waals surface area contributed by atoms with Crippen molar-refractivity contribution < 1.29 is 9.53 Å². The maximum Gasteiger partial charge on any atom is 0.257 e. The fraction of sp³-hybridized carbons (Fsp3) is 0.308. The molecule has 1 rings (SSSR count). The molecule has 4 heteroatoms. The molecule has 0 aliphatic rings. The number of nitrogens with one attached hydrogen (secondary N) is 1. The SMILES string of the molecule is C#CCCCNC(=O)COc1ccc(N)cc1. The number of nitrogens with two attached hydrogens (primary N) is 1. The van der Waals surface area contributed by atoms with Crippen LogP contribution in [-0.4, -0.2) is 19.1 Å². The lowest BCUT2D eigenvalue weighted by molar-refractivity contribution is -0.123. The second-order valence-electron chi connectivity index (χ2n) is 3.52. The summed E-state index contributed by atoms with van der Waals surface area (Å²) in [5, 5.41) is 2.71. The van der Waals surface area contributed by atoms with Crippen molar-refractivity contribution in [2.75, 3.05) is 18.9 Å². The molecule has 0 aliphatic heterocycles. The van der Waals surface area contributed by atoms with Crippen molar-refractivity contribution in [3.63, 3.8) is 0 Å². The van der Waals surface area contributed by atoms with E-state index in [1.807, 2.05) is 0 Å². The third-order valence-corrected chi connectivity index (χ3v) is 2.07. The zero-order valence-corrected chi connectivity index (χ0v) is 9.61. The van der Waals surface area contributed by atoms with Gasteiger partial charge in [0.15, 0.2) is 6.61 Å². The molecule has 0 atom stereocenters. The first-order valence-corrected chi connectivity index (χ1v) is 5.41. The Labute approximate surface area is 101 Å². The van der Waals surface area contributed by atoms with Crippen molar-refractivity contribution in [2.45, 2.75) is 12.8 Å². The Kier molecular flexibility index (Phi) is 5.45. The number of hydrogen-bond donors (Lipinski definition) is 2. The van der Waals surface area contributed by atoms with Gasteiger partial charge in [-0.3, -0.25) is 4.79 Å². The summed E-state index contributed by atoms with van der Waals surface area (Å²) in [5.41, 5.74) is 6.19. The number of carbonyl (C=O) groups excluding carboxylic acids is 1. The normalized spacial score (nSPS) is 9.35. The van der Waals surface area contributed by atoms with Crippen LogP contribution in [0.25, 0.3) is 0 Å². The molecule has 0 aliphatic carbocycles. The molecule has 90 valence electrons. The highest BCUT2D eigenvalue weighted by Crippen LogP contribution is 2.12. The predicted octanol–water partition coefficient (Wildman–Crippen LogP) is 1.18. The quantitative estimate of drug-likeness (QED) is 0.440. The lowest BCUT2D eigenvalue weighted by Gasteiger charge is -2.06. The fourth-order valence-corrected chi connectivity index (χ4v) is 1.18. The highest BCUT2D eigenvalue weighted by Gasteiger charge is 2.01. The van der Waals surface area contributed by atoms with Gasteiger partial charge in [-0.05, 0) is 30.7 Å². The Morgan fingerprint density at radius 3 is 2.76 bits per heavy atom. The van der Waals surface area contributed by atoms with Gasteiger partial charge in [-0.1, -0.05) is 0 Å². The van der Waals surface area contributed by atoms with Crippen LogP contribution in [0.2, 0.25) is 0 Å². The lowest BCUT2D eigenvalue weighted by atomic mass is 10.3. The van der Waals surface area contributed by atoms with Crippen LogP contribution in [0.1, 0.15) is 12.8 Å². The molecular weight excluding hydrogens is 216 g/mol. The average molecular weight is 232 g/mol. The van der Waals surface area contributed by atoms with E-state index >= 15 is 0 Å². The van der Waals surface area contributed by atoms with E-state index in [2.05, 4.69) is 11.2 Å². The van der Waals surface area contributed by atoms with Gasteiger partial charge in [-0.2, -0.15) is 0 Å². The summed E-state index contributed by atoms with van der Waals surface area (Å²) >= 11 is 0. The number of ether oxygens (including phenoxy) is 1. The molecule has 0 aromatic heterocycles. The summed E-state index contributed by atoms with van der Waals surface area (Å²) < 4.78 is 5.27. The molecule has 0 saturated carbocycles. The number of nitrogen functional groups attached to an aromatic ring is 1. The predicted molar refractivity (Wildman–Crippen MR) is 67.4 cm³/mol. The summed E-state index contributed by atoms with van der Waals surface area (Å²) in [6, 6.07) is 6.89. The summed E-state index contributed by atoms with van der Waals surface area (Å²) in [6.45, 7) is 0.577. The number of benzene rings is 1. The molecule has 0 unspecified atom stereocenters. The molecule has 1 amide bonds. The maximum absolute atomic E-state index is 11.3. The smallest absolute Gasteiger partial charge is 0.257 e. The third-order valence-electron chi connectivity index (χ3n) is 2.07. The van der Waals surface area contributed by atoms with Gasteiger partial charge < -0.3 is 15.8 Å². The Balaban J connectivity index is 2.19. The van der Waals surface area contributed by atoms with Crippen LogP contribution in [-0.2, 0) is 4.79 Å². The Morgan fingerprint density at radius 1 is 1.41 bits per heavy atom. The maximum atomic E-state index is 11.3.